The summed E-state index contributed by atoms with van der Waals surface area (Å²) in [7, 11) is 4.49. The molecule has 10 nitrogen and oxygen atoms in total. The van der Waals surface area contributed by atoms with Gasteiger partial charge in [-0.25, -0.2) is 0 Å². The first kappa shape index (κ1) is 32.5. The van der Waals surface area contributed by atoms with E-state index in [1.165, 1.54) is 19.0 Å². The Labute approximate surface area is 257 Å². The molecule has 0 aromatic heterocycles. The van der Waals surface area contributed by atoms with Crippen LogP contribution in [0, 0.1) is 23.7 Å². The third-order valence-corrected chi connectivity index (χ3v) is 9.49. The monoisotopic (exact) mass is 629 g/mol. The van der Waals surface area contributed by atoms with Gasteiger partial charge in [-0.3, -0.25) is 28.9 Å². The molecular weight excluding hydrogens is 595 g/mol. The van der Waals surface area contributed by atoms with Gasteiger partial charge in [-0.1, -0.05) is 30.3 Å². The normalized spacial score (nSPS) is 28.2. The maximum atomic E-state index is 14.8. The maximum Gasteiger partial charge on any atom is 0.417 e. The van der Waals surface area contributed by atoms with Crippen molar-refractivity contribution in [3.05, 3.63) is 64.2 Å². The van der Waals surface area contributed by atoms with Crippen LogP contribution in [-0.2, 0) is 44.7 Å². The van der Waals surface area contributed by atoms with Crippen LogP contribution in [-0.4, -0.2) is 88.4 Å². The van der Waals surface area contributed by atoms with Crippen LogP contribution in [0.2, 0.25) is 0 Å². The molecule has 5 rings (SSSR count). The van der Waals surface area contributed by atoms with Gasteiger partial charge in [-0.05, 0) is 69.1 Å². The fourth-order valence-corrected chi connectivity index (χ4v) is 7.56. The first-order valence-corrected chi connectivity index (χ1v) is 14.5. The molecule has 1 amide bonds. The van der Waals surface area contributed by atoms with Gasteiger partial charge in [0.05, 0.1) is 23.1 Å². The summed E-state index contributed by atoms with van der Waals surface area (Å²) in [6.07, 6.45) is -5.19. The van der Waals surface area contributed by atoms with E-state index in [1.807, 2.05) is 30.3 Å². The number of Topliss-reactive ketones (excluding diaryl/α,β-unsaturated/α-hetero) is 4. The molecule has 13 heteroatoms. The lowest BCUT2D eigenvalue weighted by Gasteiger charge is -2.52. The van der Waals surface area contributed by atoms with Gasteiger partial charge in [0.15, 0.2) is 34.7 Å². The molecule has 45 heavy (non-hydrogen) atoms. The molecule has 2 aromatic rings. The van der Waals surface area contributed by atoms with E-state index in [-0.39, 0.29) is 18.5 Å². The molecule has 0 heterocycles. The first-order valence-electron chi connectivity index (χ1n) is 14.5. The number of ketones is 4. The Kier molecular flexibility index (Phi) is 8.26. The number of carbonyl (C=O) groups excluding carboxylic acids is 5. The number of aliphatic hydroxyl groups is 1. The average molecular weight is 630 g/mol. The number of aromatic hydroxyl groups is 1. The molecule has 6 atom stereocenters. The molecular formula is C32H34F3N3O7. The molecule has 3 aliphatic carbocycles. The third kappa shape index (κ3) is 5.26. The molecule has 0 radical (unpaired) electrons. The zero-order valence-corrected chi connectivity index (χ0v) is 24.9. The number of fused-ring (bicyclic) bond motifs is 3. The zero-order valence-electron chi connectivity index (χ0n) is 24.9. The number of alkyl halides is 3. The van der Waals surface area contributed by atoms with E-state index in [0.29, 0.717) is 13.0 Å². The lowest BCUT2D eigenvalue weighted by atomic mass is 9.52. The lowest BCUT2D eigenvalue weighted by molar-refractivity contribution is -0.181. The number of carbonyl (C=O) groups is 5. The van der Waals surface area contributed by atoms with Crippen LogP contribution >= 0.6 is 0 Å². The average Bonchev–Trinajstić information content (AvgIpc) is 2.93. The number of amides is 1. The van der Waals surface area contributed by atoms with Crippen LogP contribution in [0.5, 0.6) is 5.75 Å². The van der Waals surface area contributed by atoms with Crippen LogP contribution in [0.4, 0.5) is 13.2 Å². The summed E-state index contributed by atoms with van der Waals surface area (Å²) < 4.78 is 44.3. The van der Waals surface area contributed by atoms with Gasteiger partial charge in [0, 0.05) is 19.0 Å². The second kappa shape index (κ2) is 11.5. The summed E-state index contributed by atoms with van der Waals surface area (Å²) in [5.74, 6) is -13.5. The van der Waals surface area contributed by atoms with Crippen LogP contribution in [0.1, 0.15) is 39.0 Å². The fraction of sp³-hybridized carbons (Fsp3) is 0.469. The number of nitrogens with two attached hydrogens (primary N) is 1. The summed E-state index contributed by atoms with van der Waals surface area (Å²) in [6.45, 7) is 0.199. The standard InChI is InChI=1S/C32H34F3N3O7/c1-37(2)25-19-12-16-11-18-22(26(40)21(16)28(42)31(19,45)29(43)23(27(25)41)30(36)44)20(39)13-17(24(18)32(33,34)35)14-38(3)10-9-15-7-5-4-6-8-15/h4-8,13,16,19,21,23,25,39,45H,9-12,14H2,1-3H3,(H2,36,44)/t16-,19-,21?,23?,25-,31-/m0/s1. The van der Waals surface area contributed by atoms with E-state index in [2.05, 4.69) is 0 Å². The van der Waals surface area contributed by atoms with Gasteiger partial charge in [-0.15, -0.1) is 0 Å². The minimum absolute atomic E-state index is 0.202. The molecule has 2 fully saturated rings. The Morgan fingerprint density at radius 1 is 1.07 bits per heavy atom. The highest BCUT2D eigenvalue weighted by atomic mass is 19.4. The van der Waals surface area contributed by atoms with Crippen molar-refractivity contribution in [1.29, 1.82) is 0 Å². The quantitative estimate of drug-likeness (QED) is 0.387. The number of nitrogens with zero attached hydrogens (tertiary/aromatic N) is 2. The third-order valence-electron chi connectivity index (χ3n) is 9.49. The van der Waals surface area contributed by atoms with Crippen LogP contribution in [0.25, 0.3) is 0 Å². The number of hydrogen-bond donors (Lipinski definition) is 3. The molecule has 0 saturated heterocycles. The summed E-state index contributed by atoms with van der Waals surface area (Å²) >= 11 is 0. The number of phenols is 1. The highest BCUT2D eigenvalue weighted by molar-refractivity contribution is 6.32. The molecule has 3 aliphatic rings. The number of halogens is 3. The predicted molar refractivity (Wildman–Crippen MR) is 153 cm³/mol. The molecule has 0 aliphatic heterocycles. The summed E-state index contributed by atoms with van der Waals surface area (Å²) in [5, 5.41) is 22.6. The molecule has 0 spiro atoms. The Morgan fingerprint density at radius 3 is 2.29 bits per heavy atom. The maximum absolute atomic E-state index is 14.8. The van der Waals surface area contributed by atoms with Gasteiger partial charge in [-0.2, -0.15) is 13.2 Å². The van der Waals surface area contributed by atoms with E-state index >= 15 is 0 Å². The number of hydrogen-bond acceptors (Lipinski definition) is 9. The fourth-order valence-electron chi connectivity index (χ4n) is 7.56. The predicted octanol–water partition coefficient (Wildman–Crippen LogP) is 1.56. The molecule has 240 valence electrons. The Morgan fingerprint density at radius 2 is 1.71 bits per heavy atom. The van der Waals surface area contributed by atoms with E-state index in [9.17, 15) is 47.4 Å². The van der Waals surface area contributed by atoms with Crippen LogP contribution < -0.4 is 5.73 Å². The van der Waals surface area contributed by atoms with Crippen molar-refractivity contribution in [2.24, 2.45) is 29.4 Å². The van der Waals surface area contributed by atoms with Crippen molar-refractivity contribution in [1.82, 2.24) is 9.80 Å². The van der Waals surface area contributed by atoms with Crippen molar-refractivity contribution < 1.29 is 47.4 Å². The second-order valence-corrected chi connectivity index (χ2v) is 12.5. The topological polar surface area (TPSA) is 158 Å². The highest BCUT2D eigenvalue weighted by Gasteiger charge is 2.69. The lowest BCUT2D eigenvalue weighted by Crippen LogP contribution is -2.74. The summed E-state index contributed by atoms with van der Waals surface area (Å²) in [6, 6.07) is 8.89. The van der Waals surface area contributed by atoms with Crippen molar-refractivity contribution in [2.45, 2.75) is 43.6 Å². The smallest absolute Gasteiger partial charge is 0.417 e. The highest BCUT2D eigenvalue weighted by Crippen LogP contribution is 2.52. The molecule has 2 unspecified atom stereocenters. The zero-order chi connectivity index (χ0) is 33.2. The number of primary amides is 1. The van der Waals surface area contributed by atoms with Gasteiger partial charge in [0.25, 0.3) is 0 Å². The van der Waals surface area contributed by atoms with Crippen molar-refractivity contribution in [3.8, 4) is 5.75 Å². The molecule has 4 N–H and O–H groups in total. The van der Waals surface area contributed by atoms with E-state index < -0.39 is 99.4 Å². The van der Waals surface area contributed by atoms with Gasteiger partial charge >= 0.3 is 6.18 Å². The van der Waals surface area contributed by atoms with Gasteiger partial charge < -0.3 is 20.8 Å². The minimum Gasteiger partial charge on any atom is -0.507 e. The SMILES string of the molecule is CN(CCc1ccccc1)Cc1cc(O)c2c(c1C(F)(F)F)C[C@H]1C[C@H]3[C@H](N(C)C)C(=O)C(C(N)=O)C(=O)[C@@]3(O)C(=O)C1C2=O. The number of rotatable bonds is 7. The molecule has 2 saturated carbocycles. The number of likely N-dealkylation sites (N-methyl/N-ethyl adjacent to an activating group) is 2. The van der Waals surface area contributed by atoms with Crippen LogP contribution in [0.3, 0.4) is 0 Å². The number of phenolic OH excluding ortho intramolecular Hbond substituents is 1. The van der Waals surface area contributed by atoms with Gasteiger partial charge in [0.1, 0.15) is 5.75 Å². The van der Waals surface area contributed by atoms with Crippen molar-refractivity contribution in [3.63, 3.8) is 0 Å². The van der Waals surface area contributed by atoms with Crippen molar-refractivity contribution >= 4 is 29.0 Å². The van der Waals surface area contributed by atoms with Crippen LogP contribution in [0.15, 0.2) is 36.4 Å². The largest absolute Gasteiger partial charge is 0.507 e. The van der Waals surface area contributed by atoms with E-state index in [1.54, 1.807) is 11.9 Å². The minimum atomic E-state index is -4.93. The summed E-state index contributed by atoms with van der Waals surface area (Å²) in [4.78, 5) is 69.4. The Balaban J connectivity index is 1.56. The van der Waals surface area contributed by atoms with Gasteiger partial charge in [0.2, 0.25) is 5.91 Å². The molecule has 2 aromatic carbocycles. The second-order valence-electron chi connectivity index (χ2n) is 12.5. The Hall–Kier alpha value is -3.94. The summed E-state index contributed by atoms with van der Waals surface area (Å²) in [5.41, 5.74) is 0.836. The molecule has 0 bridgehead atoms. The van der Waals surface area contributed by atoms with E-state index in [4.69, 9.17) is 5.73 Å². The first-order chi connectivity index (χ1) is 21.0. The Bertz CT molecular complexity index is 1590. The van der Waals surface area contributed by atoms with E-state index in [0.717, 1.165) is 11.6 Å². The van der Waals surface area contributed by atoms with Crippen molar-refractivity contribution in [2.75, 3.05) is 27.7 Å². The number of benzene rings is 2.